The molecule has 5 heteroatoms. The smallest absolute Gasteiger partial charge is 0.266 e. The molecule has 0 saturated carbocycles. The molecule has 15 heavy (non-hydrogen) atoms. The van der Waals surface area contributed by atoms with Crippen LogP contribution in [0.1, 0.15) is 13.3 Å². The van der Waals surface area contributed by atoms with Gasteiger partial charge >= 0.3 is 0 Å². The van der Waals surface area contributed by atoms with E-state index in [9.17, 15) is 4.79 Å². The van der Waals surface area contributed by atoms with Gasteiger partial charge in [-0.3, -0.25) is 4.79 Å². The van der Waals surface area contributed by atoms with Crippen molar-refractivity contribution in [2.45, 2.75) is 13.3 Å². The zero-order valence-corrected chi connectivity index (χ0v) is 10.8. The first-order valence-electron chi connectivity index (χ1n) is 4.79. The van der Waals surface area contributed by atoms with Crippen molar-refractivity contribution < 1.29 is 0 Å². The second-order valence-corrected chi connectivity index (χ2v) is 4.18. The van der Waals surface area contributed by atoms with Gasteiger partial charge in [0.25, 0.3) is 5.56 Å². The lowest BCUT2D eigenvalue weighted by Gasteiger charge is -2.21. The summed E-state index contributed by atoms with van der Waals surface area (Å²) < 4.78 is 0.630. The van der Waals surface area contributed by atoms with Crippen LogP contribution in [0, 0.1) is 3.57 Å². The van der Waals surface area contributed by atoms with E-state index >= 15 is 0 Å². The highest BCUT2D eigenvalue weighted by molar-refractivity contribution is 14.1. The Bertz CT molecular complexity index is 388. The summed E-state index contributed by atoms with van der Waals surface area (Å²) in [4.78, 5) is 20.2. The zero-order chi connectivity index (χ0) is 11.3. The monoisotopic (exact) mass is 319 g/mol. The maximum atomic E-state index is 11.4. The molecule has 1 rings (SSSR count). The van der Waals surface area contributed by atoms with Crippen LogP contribution in [0.5, 0.6) is 0 Å². The first-order valence-corrected chi connectivity index (χ1v) is 5.87. The van der Waals surface area contributed by atoms with Gasteiger partial charge in [-0.1, -0.05) is 13.0 Å². The van der Waals surface area contributed by atoms with Gasteiger partial charge in [-0.15, -0.1) is 6.58 Å². The highest BCUT2D eigenvalue weighted by Gasteiger charge is 2.11. The van der Waals surface area contributed by atoms with Crippen LogP contribution in [0.4, 0.5) is 5.82 Å². The molecule has 82 valence electrons. The Hall–Kier alpha value is -0.850. The molecule has 0 fully saturated rings. The van der Waals surface area contributed by atoms with Crippen LogP contribution in [0.2, 0.25) is 0 Å². The molecule has 1 heterocycles. The Morgan fingerprint density at radius 3 is 3.07 bits per heavy atom. The number of anilines is 1. The average molecular weight is 319 g/mol. The van der Waals surface area contributed by atoms with E-state index in [0.29, 0.717) is 10.1 Å². The topological polar surface area (TPSA) is 49.0 Å². The molecule has 0 unspecified atom stereocenters. The molecule has 0 atom stereocenters. The summed E-state index contributed by atoms with van der Waals surface area (Å²) in [5, 5.41) is 0. The van der Waals surface area contributed by atoms with Crippen LogP contribution in [-0.4, -0.2) is 23.1 Å². The number of nitrogens with zero attached hydrogens (tertiary/aromatic N) is 2. The fourth-order valence-electron chi connectivity index (χ4n) is 1.30. The van der Waals surface area contributed by atoms with Gasteiger partial charge in [-0.05, 0) is 29.0 Å². The van der Waals surface area contributed by atoms with Crippen molar-refractivity contribution in [3.05, 3.63) is 32.9 Å². The van der Waals surface area contributed by atoms with Crippen molar-refractivity contribution in [1.29, 1.82) is 0 Å². The molecule has 4 nitrogen and oxygen atoms in total. The summed E-state index contributed by atoms with van der Waals surface area (Å²) in [6.45, 7) is 7.38. The van der Waals surface area contributed by atoms with Gasteiger partial charge < -0.3 is 9.88 Å². The molecule has 0 aliphatic rings. The summed E-state index contributed by atoms with van der Waals surface area (Å²) >= 11 is 2.02. The first-order chi connectivity index (χ1) is 7.20. The minimum Gasteiger partial charge on any atom is -0.352 e. The molecule has 0 aliphatic carbocycles. The molecular weight excluding hydrogens is 305 g/mol. The summed E-state index contributed by atoms with van der Waals surface area (Å²) in [7, 11) is 0. The lowest BCUT2D eigenvalue weighted by atomic mass is 10.4. The average Bonchev–Trinajstić information content (AvgIpc) is 2.22. The quantitative estimate of drug-likeness (QED) is 0.665. The number of nitrogens with one attached hydrogen (secondary N) is 1. The predicted molar refractivity (Wildman–Crippen MR) is 70.3 cm³/mol. The summed E-state index contributed by atoms with van der Waals surface area (Å²) in [5.41, 5.74) is -0.0919. The highest BCUT2D eigenvalue weighted by atomic mass is 127. The Labute approximate surface area is 103 Å². The molecule has 0 radical (unpaired) electrons. The zero-order valence-electron chi connectivity index (χ0n) is 8.66. The van der Waals surface area contributed by atoms with Crippen LogP contribution < -0.4 is 10.5 Å². The highest BCUT2D eigenvalue weighted by Crippen LogP contribution is 2.15. The number of halogens is 1. The predicted octanol–water partition coefficient (Wildman–Crippen LogP) is 1.78. The molecule has 1 aromatic rings. The third kappa shape index (κ3) is 3.05. The summed E-state index contributed by atoms with van der Waals surface area (Å²) in [6, 6.07) is 0. The van der Waals surface area contributed by atoms with Gasteiger partial charge in [-0.25, -0.2) is 4.98 Å². The lowest BCUT2D eigenvalue weighted by molar-refractivity contribution is 0.794. The fourth-order valence-corrected chi connectivity index (χ4v) is 1.94. The largest absolute Gasteiger partial charge is 0.352 e. The van der Waals surface area contributed by atoms with Gasteiger partial charge in [0, 0.05) is 13.1 Å². The van der Waals surface area contributed by atoms with Crippen LogP contribution in [0.15, 0.2) is 23.8 Å². The maximum Gasteiger partial charge on any atom is 0.266 e. The molecule has 0 aliphatic heterocycles. The van der Waals surface area contributed by atoms with Crippen LogP contribution in [0.25, 0.3) is 0 Å². The van der Waals surface area contributed by atoms with E-state index in [0.717, 1.165) is 18.8 Å². The van der Waals surface area contributed by atoms with Crippen LogP contribution in [0.3, 0.4) is 0 Å². The number of hydrogen-bond donors (Lipinski definition) is 1. The van der Waals surface area contributed by atoms with E-state index in [-0.39, 0.29) is 5.56 Å². The van der Waals surface area contributed by atoms with E-state index in [1.165, 1.54) is 6.33 Å². The van der Waals surface area contributed by atoms with E-state index in [2.05, 4.69) is 23.5 Å². The Kier molecular flexibility index (Phi) is 4.80. The SMILES string of the molecule is C=CCN(CCC)c1nc[nH]c(=O)c1I. The molecular formula is C10H14IN3O. The number of aromatic amines is 1. The van der Waals surface area contributed by atoms with Gasteiger partial charge in [0.2, 0.25) is 0 Å². The maximum absolute atomic E-state index is 11.4. The van der Waals surface area contributed by atoms with Gasteiger partial charge in [0.15, 0.2) is 0 Å². The first kappa shape index (κ1) is 12.2. The second-order valence-electron chi connectivity index (χ2n) is 3.10. The van der Waals surface area contributed by atoms with Gasteiger partial charge in [0.1, 0.15) is 9.39 Å². The molecule has 0 amide bonds. The van der Waals surface area contributed by atoms with Crippen molar-refractivity contribution in [3.8, 4) is 0 Å². The van der Waals surface area contributed by atoms with Crippen LogP contribution >= 0.6 is 22.6 Å². The minimum absolute atomic E-state index is 0.0919. The van der Waals surface area contributed by atoms with Gasteiger partial charge in [0.05, 0.1) is 6.33 Å². The third-order valence-corrected chi connectivity index (χ3v) is 2.89. The standard InChI is InChI=1S/C10H14IN3O/c1-3-5-14(6-4-2)9-8(11)10(15)13-7-12-9/h3,7H,1,4-6H2,2H3,(H,12,13,15). The number of aromatic nitrogens is 2. The number of H-pyrrole nitrogens is 1. The van der Waals surface area contributed by atoms with E-state index < -0.39 is 0 Å². The van der Waals surface area contributed by atoms with Crippen molar-refractivity contribution in [2.75, 3.05) is 18.0 Å². The van der Waals surface area contributed by atoms with Crippen molar-refractivity contribution in [2.24, 2.45) is 0 Å². The molecule has 0 saturated heterocycles. The Balaban J connectivity index is 3.04. The second kappa shape index (κ2) is 5.89. The van der Waals surface area contributed by atoms with E-state index in [1.807, 2.05) is 33.6 Å². The van der Waals surface area contributed by atoms with Crippen LogP contribution in [-0.2, 0) is 0 Å². The van der Waals surface area contributed by atoms with E-state index in [4.69, 9.17) is 0 Å². The molecule has 0 bridgehead atoms. The van der Waals surface area contributed by atoms with Crippen molar-refractivity contribution in [3.63, 3.8) is 0 Å². The molecule has 1 N–H and O–H groups in total. The Morgan fingerprint density at radius 2 is 2.47 bits per heavy atom. The Morgan fingerprint density at radius 1 is 1.73 bits per heavy atom. The van der Waals surface area contributed by atoms with E-state index in [1.54, 1.807) is 0 Å². The summed E-state index contributed by atoms with van der Waals surface area (Å²) in [6.07, 6.45) is 4.26. The lowest BCUT2D eigenvalue weighted by Crippen LogP contribution is -2.28. The normalized spacial score (nSPS) is 10.0. The molecule has 0 aromatic carbocycles. The van der Waals surface area contributed by atoms with Crippen molar-refractivity contribution in [1.82, 2.24) is 9.97 Å². The third-order valence-electron chi connectivity index (χ3n) is 1.92. The van der Waals surface area contributed by atoms with Gasteiger partial charge in [-0.2, -0.15) is 0 Å². The number of hydrogen-bond acceptors (Lipinski definition) is 3. The fraction of sp³-hybridized carbons (Fsp3) is 0.400. The van der Waals surface area contributed by atoms with Crippen molar-refractivity contribution >= 4 is 28.4 Å². The molecule has 1 aromatic heterocycles. The number of rotatable bonds is 5. The minimum atomic E-state index is -0.0919. The summed E-state index contributed by atoms with van der Waals surface area (Å²) in [5.74, 6) is 0.737. The molecule has 0 spiro atoms.